The lowest BCUT2D eigenvalue weighted by Gasteiger charge is -2.03. The summed E-state index contributed by atoms with van der Waals surface area (Å²) in [7, 11) is 1.27. The number of aromatic nitrogens is 3. The van der Waals surface area contributed by atoms with Gasteiger partial charge in [0.2, 0.25) is 0 Å². The van der Waals surface area contributed by atoms with E-state index in [2.05, 4.69) is 10.1 Å². The number of carbonyl (C=O) groups is 1. The van der Waals surface area contributed by atoms with Crippen LogP contribution in [0.5, 0.6) is 0 Å². The van der Waals surface area contributed by atoms with Crippen LogP contribution in [0.3, 0.4) is 0 Å². The number of halogens is 3. The summed E-state index contributed by atoms with van der Waals surface area (Å²) < 4.78 is 31.6. The number of benzene rings is 1. The molecule has 0 spiro atoms. The maximum atomic E-state index is 12.8. The first-order valence-corrected chi connectivity index (χ1v) is 7.36. The van der Waals surface area contributed by atoms with Crippen LogP contribution in [0.15, 0.2) is 36.5 Å². The van der Waals surface area contributed by atoms with Crippen molar-refractivity contribution in [1.82, 2.24) is 14.8 Å². The molecule has 0 fully saturated rings. The van der Waals surface area contributed by atoms with Crippen LogP contribution >= 0.6 is 11.6 Å². The van der Waals surface area contributed by atoms with E-state index in [1.807, 2.05) is 0 Å². The van der Waals surface area contributed by atoms with Gasteiger partial charge in [0.15, 0.2) is 0 Å². The van der Waals surface area contributed by atoms with Gasteiger partial charge in [0.25, 0.3) is 6.43 Å². The van der Waals surface area contributed by atoms with Crippen molar-refractivity contribution in [3.63, 3.8) is 0 Å². The quantitative estimate of drug-likeness (QED) is 0.530. The number of rotatable bonds is 4. The second-order valence-corrected chi connectivity index (χ2v) is 5.40. The molecule has 3 rings (SSSR count). The highest BCUT2D eigenvalue weighted by molar-refractivity contribution is 6.29. The number of hydrogen-bond donors (Lipinski definition) is 0. The molecule has 8 heteroatoms. The van der Waals surface area contributed by atoms with Crippen LogP contribution in [0, 0.1) is 0 Å². The first kappa shape index (κ1) is 16.3. The van der Waals surface area contributed by atoms with Gasteiger partial charge in [-0.05, 0) is 30.3 Å². The van der Waals surface area contributed by atoms with Crippen LogP contribution in [-0.2, 0) is 11.3 Å². The van der Waals surface area contributed by atoms with E-state index in [4.69, 9.17) is 16.3 Å². The summed E-state index contributed by atoms with van der Waals surface area (Å²) in [4.78, 5) is 15.6. The normalized spacial score (nSPS) is 11.2. The Labute approximate surface area is 140 Å². The molecule has 0 saturated heterocycles. The van der Waals surface area contributed by atoms with E-state index in [1.165, 1.54) is 24.1 Å². The van der Waals surface area contributed by atoms with Crippen molar-refractivity contribution in [2.45, 2.75) is 13.0 Å². The van der Waals surface area contributed by atoms with Gasteiger partial charge in [0, 0.05) is 17.1 Å². The molecule has 24 heavy (non-hydrogen) atoms. The molecule has 0 bridgehead atoms. The fourth-order valence-corrected chi connectivity index (χ4v) is 2.63. The summed E-state index contributed by atoms with van der Waals surface area (Å²) in [5, 5.41) is 5.08. The number of esters is 1. The van der Waals surface area contributed by atoms with Gasteiger partial charge in [-0.25, -0.2) is 18.6 Å². The second kappa shape index (κ2) is 6.52. The molecule has 3 aromatic rings. The minimum atomic E-state index is -2.55. The SMILES string of the molecule is COC(=O)c1ccc2c(c1)c(-c1ccnc(Cl)c1)nn2CC(F)F. The number of pyridine rings is 1. The van der Waals surface area contributed by atoms with Gasteiger partial charge in [-0.2, -0.15) is 5.10 Å². The fourth-order valence-electron chi connectivity index (χ4n) is 2.46. The van der Waals surface area contributed by atoms with E-state index >= 15 is 0 Å². The fraction of sp³-hybridized carbons (Fsp3) is 0.188. The average molecular weight is 352 g/mol. The van der Waals surface area contributed by atoms with Crippen LogP contribution in [0.2, 0.25) is 5.15 Å². The third kappa shape index (κ3) is 3.07. The summed E-state index contributed by atoms with van der Waals surface area (Å²) in [6.45, 7) is -0.549. The maximum Gasteiger partial charge on any atom is 0.337 e. The highest BCUT2D eigenvalue weighted by Gasteiger charge is 2.17. The molecule has 0 atom stereocenters. The minimum Gasteiger partial charge on any atom is -0.465 e. The number of ether oxygens (including phenoxy) is 1. The van der Waals surface area contributed by atoms with Crippen LogP contribution in [0.1, 0.15) is 10.4 Å². The van der Waals surface area contributed by atoms with Gasteiger partial charge in [0.05, 0.1) is 18.2 Å². The van der Waals surface area contributed by atoms with Crippen LogP contribution in [0.25, 0.3) is 22.2 Å². The largest absolute Gasteiger partial charge is 0.465 e. The molecule has 0 aliphatic heterocycles. The monoisotopic (exact) mass is 351 g/mol. The number of alkyl halides is 2. The summed E-state index contributed by atoms with van der Waals surface area (Å²) in [6.07, 6.45) is -1.05. The molecule has 0 aliphatic carbocycles. The Morgan fingerprint density at radius 2 is 2.12 bits per heavy atom. The standard InChI is InChI=1S/C16H12ClF2N3O2/c1-24-16(23)10-2-3-12-11(6-10)15(21-22(12)8-14(18)19)9-4-5-20-13(17)7-9/h2-7,14H,8H2,1H3. The molecule has 2 aromatic heterocycles. The zero-order valence-corrected chi connectivity index (χ0v) is 13.3. The Morgan fingerprint density at radius 1 is 1.33 bits per heavy atom. The second-order valence-electron chi connectivity index (χ2n) is 5.01. The van der Waals surface area contributed by atoms with Gasteiger partial charge >= 0.3 is 5.97 Å². The molecule has 0 saturated carbocycles. The van der Waals surface area contributed by atoms with Gasteiger partial charge in [0.1, 0.15) is 17.4 Å². The third-order valence-electron chi connectivity index (χ3n) is 3.48. The summed E-state index contributed by atoms with van der Waals surface area (Å²) in [5.74, 6) is -0.516. The van der Waals surface area contributed by atoms with Gasteiger partial charge in [-0.15, -0.1) is 0 Å². The Bertz CT molecular complexity index is 911. The first-order valence-electron chi connectivity index (χ1n) is 6.98. The number of nitrogens with zero attached hydrogens (tertiary/aromatic N) is 3. The molecule has 0 radical (unpaired) electrons. The number of methoxy groups -OCH3 is 1. The van der Waals surface area contributed by atoms with E-state index in [0.29, 0.717) is 27.7 Å². The lowest BCUT2D eigenvalue weighted by molar-refractivity contribution is 0.0601. The summed E-state index contributed by atoms with van der Waals surface area (Å²) in [6, 6.07) is 7.91. The van der Waals surface area contributed by atoms with Crippen molar-refractivity contribution in [3.05, 3.63) is 47.2 Å². The minimum absolute atomic E-state index is 0.258. The molecular weight excluding hydrogens is 340 g/mol. The third-order valence-corrected chi connectivity index (χ3v) is 3.69. The molecule has 0 unspecified atom stereocenters. The Kier molecular flexibility index (Phi) is 4.44. The summed E-state index contributed by atoms with van der Waals surface area (Å²) in [5.41, 5.74) is 1.87. The van der Waals surface area contributed by atoms with E-state index in [9.17, 15) is 13.6 Å². The number of hydrogen-bond acceptors (Lipinski definition) is 4. The first-order chi connectivity index (χ1) is 11.5. The average Bonchev–Trinajstić information content (AvgIpc) is 2.91. The lowest BCUT2D eigenvalue weighted by Crippen LogP contribution is -2.08. The zero-order valence-electron chi connectivity index (χ0n) is 12.5. The van der Waals surface area contributed by atoms with E-state index in [-0.39, 0.29) is 5.15 Å². The molecule has 0 aliphatic rings. The Morgan fingerprint density at radius 3 is 2.79 bits per heavy atom. The van der Waals surface area contributed by atoms with Crippen molar-refractivity contribution in [3.8, 4) is 11.3 Å². The smallest absolute Gasteiger partial charge is 0.337 e. The van der Waals surface area contributed by atoms with Crippen molar-refractivity contribution in [2.24, 2.45) is 0 Å². The van der Waals surface area contributed by atoms with Crippen molar-refractivity contribution in [2.75, 3.05) is 7.11 Å². The zero-order chi connectivity index (χ0) is 17.3. The van der Waals surface area contributed by atoms with Crippen molar-refractivity contribution in [1.29, 1.82) is 0 Å². The molecule has 124 valence electrons. The molecule has 5 nitrogen and oxygen atoms in total. The predicted octanol–water partition coefficient (Wildman–Crippen LogP) is 3.80. The Hall–Kier alpha value is -2.54. The topological polar surface area (TPSA) is 57.0 Å². The molecule has 1 aromatic carbocycles. The van der Waals surface area contributed by atoms with Crippen LogP contribution in [-0.4, -0.2) is 34.3 Å². The highest BCUT2D eigenvalue weighted by Crippen LogP contribution is 2.30. The molecular formula is C16H12ClF2N3O2. The summed E-state index contributed by atoms with van der Waals surface area (Å²) >= 11 is 5.90. The Balaban J connectivity index is 2.24. The van der Waals surface area contributed by atoms with Crippen molar-refractivity contribution >= 4 is 28.5 Å². The number of fused-ring (bicyclic) bond motifs is 1. The highest BCUT2D eigenvalue weighted by atomic mass is 35.5. The van der Waals surface area contributed by atoms with Crippen LogP contribution in [0.4, 0.5) is 8.78 Å². The lowest BCUT2D eigenvalue weighted by atomic mass is 10.1. The van der Waals surface area contributed by atoms with Crippen molar-refractivity contribution < 1.29 is 18.3 Å². The predicted molar refractivity (Wildman–Crippen MR) is 85.3 cm³/mol. The van der Waals surface area contributed by atoms with E-state index < -0.39 is 18.9 Å². The van der Waals surface area contributed by atoms with E-state index in [0.717, 1.165) is 0 Å². The molecule has 0 amide bonds. The number of carbonyl (C=O) groups excluding carboxylic acids is 1. The molecule has 2 heterocycles. The van der Waals surface area contributed by atoms with Gasteiger partial charge in [-0.3, -0.25) is 4.68 Å². The molecule has 0 N–H and O–H groups in total. The van der Waals surface area contributed by atoms with Crippen LogP contribution < -0.4 is 0 Å². The van der Waals surface area contributed by atoms with Gasteiger partial charge in [-0.1, -0.05) is 11.6 Å². The maximum absolute atomic E-state index is 12.8. The van der Waals surface area contributed by atoms with Gasteiger partial charge < -0.3 is 4.74 Å². The van der Waals surface area contributed by atoms with E-state index in [1.54, 1.807) is 24.3 Å².